The molecule has 1 aliphatic heterocycles. The summed E-state index contributed by atoms with van der Waals surface area (Å²) in [7, 11) is 0. The topological polar surface area (TPSA) is 44.1 Å². The van der Waals surface area contributed by atoms with Gasteiger partial charge in [-0.3, -0.25) is 4.79 Å². The summed E-state index contributed by atoms with van der Waals surface area (Å²) in [6, 6.07) is 10.6. The van der Waals surface area contributed by atoms with Crippen molar-refractivity contribution < 1.29 is 4.79 Å². The van der Waals surface area contributed by atoms with Gasteiger partial charge in [0.05, 0.1) is 12.0 Å². The SMILES string of the molecule is CC(=O)N1CCC(c2ccc(C(C)C#N)cc2)CC1. The molecule has 0 aromatic heterocycles. The van der Waals surface area contributed by atoms with Crippen LogP contribution in [0, 0.1) is 11.3 Å². The highest BCUT2D eigenvalue weighted by Crippen LogP contribution is 2.29. The highest BCUT2D eigenvalue weighted by molar-refractivity contribution is 5.73. The van der Waals surface area contributed by atoms with Gasteiger partial charge in [0.1, 0.15) is 0 Å². The van der Waals surface area contributed by atoms with Crippen LogP contribution < -0.4 is 0 Å². The third-order valence-electron chi connectivity index (χ3n) is 4.04. The third-order valence-corrected chi connectivity index (χ3v) is 4.04. The van der Waals surface area contributed by atoms with Gasteiger partial charge >= 0.3 is 0 Å². The van der Waals surface area contributed by atoms with Crippen LogP contribution >= 0.6 is 0 Å². The molecule has 0 saturated carbocycles. The van der Waals surface area contributed by atoms with E-state index in [2.05, 4.69) is 30.3 Å². The number of nitrogens with zero attached hydrogens (tertiary/aromatic N) is 2. The highest BCUT2D eigenvalue weighted by Gasteiger charge is 2.21. The van der Waals surface area contributed by atoms with Gasteiger partial charge in [0.2, 0.25) is 5.91 Å². The van der Waals surface area contributed by atoms with E-state index in [1.165, 1.54) is 5.56 Å². The summed E-state index contributed by atoms with van der Waals surface area (Å²) in [5.41, 5.74) is 2.41. The zero-order valence-electron chi connectivity index (χ0n) is 11.6. The second kappa shape index (κ2) is 5.88. The Balaban J connectivity index is 2.00. The number of hydrogen-bond donors (Lipinski definition) is 0. The van der Waals surface area contributed by atoms with Gasteiger partial charge in [0.15, 0.2) is 0 Å². The quantitative estimate of drug-likeness (QED) is 0.816. The van der Waals surface area contributed by atoms with E-state index in [0.717, 1.165) is 31.5 Å². The zero-order chi connectivity index (χ0) is 13.8. The predicted octanol–water partition coefficient (Wildman–Crippen LogP) is 3.04. The molecule has 100 valence electrons. The molecule has 1 fully saturated rings. The fourth-order valence-electron chi connectivity index (χ4n) is 2.66. The molecule has 3 heteroatoms. The number of carbonyl (C=O) groups excluding carboxylic acids is 1. The first-order chi connectivity index (χ1) is 9.11. The number of benzene rings is 1. The molecule has 0 N–H and O–H groups in total. The molecule has 3 nitrogen and oxygen atoms in total. The second-order valence-electron chi connectivity index (χ2n) is 5.30. The Bertz CT molecular complexity index is 478. The van der Waals surface area contributed by atoms with E-state index in [0.29, 0.717) is 5.92 Å². The molecule has 0 bridgehead atoms. The molecule has 0 radical (unpaired) electrons. The van der Waals surface area contributed by atoms with Crippen molar-refractivity contribution in [3.05, 3.63) is 35.4 Å². The van der Waals surface area contributed by atoms with E-state index < -0.39 is 0 Å². The van der Waals surface area contributed by atoms with Crippen LogP contribution in [0.5, 0.6) is 0 Å². The monoisotopic (exact) mass is 256 g/mol. The van der Waals surface area contributed by atoms with Crippen LogP contribution in [-0.4, -0.2) is 23.9 Å². The number of piperidine rings is 1. The van der Waals surface area contributed by atoms with Crippen molar-refractivity contribution >= 4 is 5.91 Å². The predicted molar refractivity (Wildman–Crippen MR) is 74.7 cm³/mol. The molecule has 1 saturated heterocycles. The van der Waals surface area contributed by atoms with Crippen molar-refractivity contribution in [3.63, 3.8) is 0 Å². The molecule has 1 aromatic rings. The molecule has 2 rings (SSSR count). The highest BCUT2D eigenvalue weighted by atomic mass is 16.2. The number of hydrogen-bond acceptors (Lipinski definition) is 2. The summed E-state index contributed by atoms with van der Waals surface area (Å²) in [6.07, 6.45) is 2.07. The Kier molecular flexibility index (Phi) is 4.21. The Morgan fingerprint density at radius 1 is 1.32 bits per heavy atom. The number of likely N-dealkylation sites (tertiary alicyclic amines) is 1. The fourth-order valence-corrected chi connectivity index (χ4v) is 2.66. The summed E-state index contributed by atoms with van der Waals surface area (Å²) in [6.45, 7) is 5.27. The molecule has 0 spiro atoms. The molecule has 1 amide bonds. The normalized spacial score (nSPS) is 17.8. The van der Waals surface area contributed by atoms with Crippen LogP contribution in [-0.2, 0) is 4.79 Å². The van der Waals surface area contributed by atoms with Crippen LogP contribution in [0.25, 0.3) is 0 Å². The van der Waals surface area contributed by atoms with Crippen LogP contribution in [0.15, 0.2) is 24.3 Å². The van der Waals surface area contributed by atoms with Gasteiger partial charge in [0, 0.05) is 20.0 Å². The molecular weight excluding hydrogens is 236 g/mol. The largest absolute Gasteiger partial charge is 0.343 e. The van der Waals surface area contributed by atoms with E-state index in [-0.39, 0.29) is 11.8 Å². The van der Waals surface area contributed by atoms with E-state index in [1.54, 1.807) is 6.92 Å². The van der Waals surface area contributed by atoms with E-state index in [9.17, 15) is 4.79 Å². The van der Waals surface area contributed by atoms with Gasteiger partial charge in [-0.1, -0.05) is 24.3 Å². The molecule has 19 heavy (non-hydrogen) atoms. The van der Waals surface area contributed by atoms with Gasteiger partial charge in [-0.15, -0.1) is 0 Å². The molecule has 1 atom stereocenters. The Morgan fingerprint density at radius 2 is 1.89 bits per heavy atom. The smallest absolute Gasteiger partial charge is 0.219 e. The summed E-state index contributed by atoms with van der Waals surface area (Å²) >= 11 is 0. The zero-order valence-corrected chi connectivity index (χ0v) is 11.6. The molecule has 1 aliphatic rings. The lowest BCUT2D eigenvalue weighted by Crippen LogP contribution is -2.36. The van der Waals surface area contributed by atoms with Gasteiger partial charge < -0.3 is 4.90 Å². The minimum Gasteiger partial charge on any atom is -0.343 e. The van der Waals surface area contributed by atoms with Gasteiger partial charge in [-0.25, -0.2) is 0 Å². The lowest BCUT2D eigenvalue weighted by atomic mass is 9.88. The number of nitriles is 1. The summed E-state index contributed by atoms with van der Waals surface area (Å²) < 4.78 is 0. The van der Waals surface area contributed by atoms with E-state index >= 15 is 0 Å². The maximum atomic E-state index is 11.3. The number of carbonyl (C=O) groups is 1. The van der Waals surface area contributed by atoms with Crippen LogP contribution in [0.1, 0.15) is 49.7 Å². The summed E-state index contributed by atoms with van der Waals surface area (Å²) in [4.78, 5) is 13.2. The van der Waals surface area contributed by atoms with Crippen molar-refractivity contribution in [3.8, 4) is 6.07 Å². The van der Waals surface area contributed by atoms with Gasteiger partial charge in [-0.2, -0.15) is 5.26 Å². The fraction of sp³-hybridized carbons (Fsp3) is 0.500. The number of amides is 1. The third kappa shape index (κ3) is 3.14. The minimum atomic E-state index is -0.0476. The Hall–Kier alpha value is -1.82. The first-order valence-electron chi connectivity index (χ1n) is 6.87. The van der Waals surface area contributed by atoms with Crippen molar-refractivity contribution in [2.45, 2.75) is 38.5 Å². The Labute approximate surface area is 114 Å². The molecular formula is C16H20N2O. The lowest BCUT2D eigenvalue weighted by Gasteiger charge is -2.31. The maximum Gasteiger partial charge on any atom is 0.219 e. The van der Waals surface area contributed by atoms with E-state index in [4.69, 9.17) is 5.26 Å². The number of rotatable bonds is 2. The first kappa shape index (κ1) is 13.6. The van der Waals surface area contributed by atoms with Crippen molar-refractivity contribution in [1.82, 2.24) is 4.90 Å². The lowest BCUT2D eigenvalue weighted by molar-refractivity contribution is -0.129. The van der Waals surface area contributed by atoms with Gasteiger partial charge in [0.25, 0.3) is 0 Å². The molecule has 1 unspecified atom stereocenters. The summed E-state index contributed by atoms with van der Waals surface area (Å²) in [5, 5.41) is 8.90. The molecule has 1 heterocycles. The second-order valence-corrected chi connectivity index (χ2v) is 5.30. The first-order valence-corrected chi connectivity index (χ1v) is 6.87. The van der Waals surface area contributed by atoms with Crippen molar-refractivity contribution in [2.24, 2.45) is 0 Å². The van der Waals surface area contributed by atoms with E-state index in [1.807, 2.05) is 11.8 Å². The average molecular weight is 256 g/mol. The van der Waals surface area contributed by atoms with Crippen LogP contribution in [0.3, 0.4) is 0 Å². The Morgan fingerprint density at radius 3 is 2.37 bits per heavy atom. The minimum absolute atomic E-state index is 0.0476. The standard InChI is InChI=1S/C16H20N2O/c1-12(11-17)14-3-5-15(6-4-14)16-7-9-18(10-8-16)13(2)19/h3-6,12,16H,7-10H2,1-2H3. The van der Waals surface area contributed by atoms with Gasteiger partial charge in [-0.05, 0) is 36.8 Å². The maximum absolute atomic E-state index is 11.3. The van der Waals surface area contributed by atoms with Crippen LogP contribution in [0.2, 0.25) is 0 Å². The van der Waals surface area contributed by atoms with Crippen molar-refractivity contribution in [2.75, 3.05) is 13.1 Å². The van der Waals surface area contributed by atoms with Crippen molar-refractivity contribution in [1.29, 1.82) is 5.26 Å². The molecule has 1 aromatic carbocycles. The summed E-state index contributed by atoms with van der Waals surface area (Å²) in [5.74, 6) is 0.673. The molecule has 0 aliphatic carbocycles. The average Bonchev–Trinajstić information content (AvgIpc) is 2.46. The van der Waals surface area contributed by atoms with Crippen LogP contribution in [0.4, 0.5) is 0 Å².